The molecule has 0 spiro atoms. The number of aryl methyl sites for hydroxylation is 1. The number of rotatable bonds is 3. The van der Waals surface area contributed by atoms with Crippen LogP contribution in [0.3, 0.4) is 0 Å². The van der Waals surface area contributed by atoms with Gasteiger partial charge in [0.1, 0.15) is 0 Å². The van der Waals surface area contributed by atoms with Crippen molar-refractivity contribution in [2.45, 2.75) is 6.92 Å². The van der Waals surface area contributed by atoms with Gasteiger partial charge in [-0.1, -0.05) is 18.2 Å². The van der Waals surface area contributed by atoms with Gasteiger partial charge in [-0.3, -0.25) is 10.6 Å². The molecule has 2 aromatic carbocycles. The number of para-hydroxylation sites is 1. The van der Waals surface area contributed by atoms with Crippen molar-refractivity contribution < 1.29 is 4.79 Å². The minimum Gasteiger partial charge on any atom is -0.324 e. The lowest BCUT2D eigenvalue weighted by molar-refractivity contribution is 0.102. The first-order valence-corrected chi connectivity index (χ1v) is 5.64. The minimum absolute atomic E-state index is 0.123. The van der Waals surface area contributed by atoms with Gasteiger partial charge in [0.05, 0.1) is 0 Å². The van der Waals surface area contributed by atoms with Crippen LogP contribution in [-0.4, -0.2) is 5.91 Å². The zero-order valence-corrected chi connectivity index (χ0v) is 10.1. The van der Waals surface area contributed by atoms with E-state index in [2.05, 4.69) is 10.7 Å². The number of nitrogens with two attached hydrogens (primary N) is 1. The number of carbonyl (C=O) groups is 1. The summed E-state index contributed by atoms with van der Waals surface area (Å²) in [5, 5.41) is 2.85. The Kier molecular flexibility index (Phi) is 3.60. The highest BCUT2D eigenvalue weighted by atomic mass is 16.1. The first-order chi connectivity index (χ1) is 8.70. The van der Waals surface area contributed by atoms with E-state index >= 15 is 0 Å². The molecule has 0 aromatic heterocycles. The van der Waals surface area contributed by atoms with Crippen LogP contribution in [0.1, 0.15) is 15.9 Å². The summed E-state index contributed by atoms with van der Waals surface area (Å²) in [5.41, 5.74) is 5.62. The molecule has 0 aliphatic carbocycles. The second-order valence-electron chi connectivity index (χ2n) is 3.99. The van der Waals surface area contributed by atoms with Crippen LogP contribution in [0.5, 0.6) is 0 Å². The van der Waals surface area contributed by atoms with Crippen molar-refractivity contribution in [3.63, 3.8) is 0 Å². The van der Waals surface area contributed by atoms with Crippen molar-refractivity contribution >= 4 is 17.3 Å². The van der Waals surface area contributed by atoms with E-state index in [4.69, 9.17) is 5.84 Å². The van der Waals surface area contributed by atoms with Gasteiger partial charge in [-0.05, 0) is 42.8 Å². The quantitative estimate of drug-likeness (QED) is 0.571. The molecule has 4 heteroatoms. The molecule has 0 radical (unpaired) electrons. The van der Waals surface area contributed by atoms with Gasteiger partial charge in [0, 0.05) is 16.9 Å². The molecule has 0 bridgehead atoms. The van der Waals surface area contributed by atoms with E-state index in [0.717, 1.165) is 16.9 Å². The maximum atomic E-state index is 12.1. The molecule has 0 unspecified atom stereocenters. The van der Waals surface area contributed by atoms with Crippen LogP contribution in [0.4, 0.5) is 11.4 Å². The molecule has 4 N–H and O–H groups in total. The number of benzene rings is 2. The van der Waals surface area contributed by atoms with Gasteiger partial charge in [0.2, 0.25) is 0 Å². The van der Waals surface area contributed by atoms with Crippen LogP contribution in [0.2, 0.25) is 0 Å². The minimum atomic E-state index is -0.123. The molecule has 18 heavy (non-hydrogen) atoms. The van der Waals surface area contributed by atoms with Crippen LogP contribution in [-0.2, 0) is 0 Å². The molecule has 0 aliphatic rings. The number of anilines is 2. The highest BCUT2D eigenvalue weighted by Gasteiger charge is 2.09. The van der Waals surface area contributed by atoms with Gasteiger partial charge in [-0.2, -0.15) is 0 Å². The summed E-state index contributed by atoms with van der Waals surface area (Å²) in [7, 11) is 0. The third-order valence-electron chi connectivity index (χ3n) is 2.67. The first-order valence-electron chi connectivity index (χ1n) is 5.64. The summed E-state index contributed by atoms with van der Waals surface area (Å²) in [6.45, 7) is 1.88. The predicted molar refractivity (Wildman–Crippen MR) is 73.4 cm³/mol. The van der Waals surface area contributed by atoms with Gasteiger partial charge < -0.3 is 10.7 Å². The van der Waals surface area contributed by atoms with Crippen molar-refractivity contribution in [3.8, 4) is 0 Å². The molecule has 0 saturated heterocycles. The highest BCUT2D eigenvalue weighted by Crippen LogP contribution is 2.16. The fourth-order valence-electron chi connectivity index (χ4n) is 1.73. The van der Waals surface area contributed by atoms with Crippen LogP contribution in [0, 0.1) is 6.92 Å². The average Bonchev–Trinajstić information content (AvgIpc) is 2.39. The number of carbonyl (C=O) groups excluding carboxylic acids is 1. The second kappa shape index (κ2) is 5.33. The number of hydrazine groups is 1. The summed E-state index contributed by atoms with van der Waals surface area (Å²) in [5.74, 6) is 5.20. The van der Waals surface area contributed by atoms with E-state index in [1.165, 1.54) is 0 Å². The molecule has 0 atom stereocenters. The van der Waals surface area contributed by atoms with E-state index in [1.54, 1.807) is 12.1 Å². The number of hydrogen-bond donors (Lipinski definition) is 3. The van der Waals surface area contributed by atoms with E-state index < -0.39 is 0 Å². The van der Waals surface area contributed by atoms with Crippen molar-refractivity contribution in [2.24, 2.45) is 5.84 Å². The first kappa shape index (κ1) is 12.1. The molecule has 4 nitrogen and oxygen atoms in total. The van der Waals surface area contributed by atoms with Gasteiger partial charge in [-0.25, -0.2) is 0 Å². The lowest BCUT2D eigenvalue weighted by Gasteiger charge is -2.09. The molecule has 92 valence electrons. The number of nitrogens with one attached hydrogen (secondary N) is 2. The Bertz CT molecular complexity index is 552. The number of nitrogen functional groups attached to an aromatic ring is 1. The molecular weight excluding hydrogens is 226 g/mol. The highest BCUT2D eigenvalue weighted by molar-refractivity contribution is 6.05. The Morgan fingerprint density at radius 2 is 1.78 bits per heavy atom. The monoisotopic (exact) mass is 241 g/mol. The van der Waals surface area contributed by atoms with Gasteiger partial charge >= 0.3 is 0 Å². The third-order valence-corrected chi connectivity index (χ3v) is 2.67. The van der Waals surface area contributed by atoms with Crippen molar-refractivity contribution in [1.82, 2.24) is 0 Å². The maximum absolute atomic E-state index is 12.1. The SMILES string of the molecule is Cc1cc(NN)ccc1C(=O)Nc1ccccc1. The largest absolute Gasteiger partial charge is 0.324 e. The van der Waals surface area contributed by atoms with Crippen molar-refractivity contribution in [3.05, 3.63) is 59.7 Å². The summed E-state index contributed by atoms with van der Waals surface area (Å²) in [6, 6.07) is 14.7. The van der Waals surface area contributed by atoms with Gasteiger partial charge in [-0.15, -0.1) is 0 Å². The van der Waals surface area contributed by atoms with Crippen LogP contribution in [0.25, 0.3) is 0 Å². The fourth-order valence-corrected chi connectivity index (χ4v) is 1.73. The van der Waals surface area contributed by atoms with Gasteiger partial charge in [0.25, 0.3) is 5.91 Å². The Labute approximate surface area is 106 Å². The smallest absolute Gasteiger partial charge is 0.255 e. The van der Waals surface area contributed by atoms with Crippen molar-refractivity contribution in [2.75, 3.05) is 10.7 Å². The summed E-state index contributed by atoms with van der Waals surface area (Å²) >= 11 is 0. The third kappa shape index (κ3) is 2.67. The molecule has 1 amide bonds. The van der Waals surface area contributed by atoms with Crippen LogP contribution in [0.15, 0.2) is 48.5 Å². The Morgan fingerprint density at radius 1 is 1.06 bits per heavy atom. The lowest BCUT2D eigenvalue weighted by atomic mass is 10.1. The van der Waals surface area contributed by atoms with E-state index in [0.29, 0.717) is 5.56 Å². The molecule has 0 saturated carbocycles. The lowest BCUT2D eigenvalue weighted by Crippen LogP contribution is -2.14. The zero-order chi connectivity index (χ0) is 13.0. The second-order valence-corrected chi connectivity index (χ2v) is 3.99. The van der Waals surface area contributed by atoms with Crippen molar-refractivity contribution in [1.29, 1.82) is 0 Å². The van der Waals surface area contributed by atoms with E-state index in [-0.39, 0.29) is 5.91 Å². The molecule has 0 fully saturated rings. The summed E-state index contributed by atoms with van der Waals surface area (Å²) in [6.07, 6.45) is 0. The van der Waals surface area contributed by atoms with E-state index in [1.807, 2.05) is 43.3 Å². The average molecular weight is 241 g/mol. The van der Waals surface area contributed by atoms with E-state index in [9.17, 15) is 4.79 Å². The Hall–Kier alpha value is -2.33. The number of amides is 1. The molecule has 0 aliphatic heterocycles. The molecular formula is C14H15N3O. The summed E-state index contributed by atoms with van der Waals surface area (Å²) in [4.78, 5) is 12.1. The van der Waals surface area contributed by atoms with Crippen LogP contribution < -0.4 is 16.6 Å². The predicted octanol–water partition coefficient (Wildman–Crippen LogP) is 2.53. The molecule has 2 rings (SSSR count). The van der Waals surface area contributed by atoms with Gasteiger partial charge in [0.15, 0.2) is 0 Å². The number of hydrogen-bond acceptors (Lipinski definition) is 3. The maximum Gasteiger partial charge on any atom is 0.255 e. The zero-order valence-electron chi connectivity index (χ0n) is 10.1. The standard InChI is InChI=1S/C14H15N3O/c1-10-9-12(17-15)7-8-13(10)14(18)16-11-5-3-2-4-6-11/h2-9,17H,15H2,1H3,(H,16,18). The Morgan fingerprint density at radius 3 is 2.39 bits per heavy atom. The topological polar surface area (TPSA) is 67.1 Å². The Balaban J connectivity index is 2.19. The van der Waals surface area contributed by atoms with Crippen LogP contribution >= 0.6 is 0 Å². The normalized spacial score (nSPS) is 9.89. The fraction of sp³-hybridized carbons (Fsp3) is 0.0714. The summed E-state index contributed by atoms with van der Waals surface area (Å²) < 4.78 is 0. The molecule has 2 aromatic rings. The molecule has 0 heterocycles.